The molecule has 4 N–H and O–H groups in total. The summed E-state index contributed by atoms with van der Waals surface area (Å²) in [5.41, 5.74) is 4.16. The fourth-order valence-corrected chi connectivity index (χ4v) is 6.06. The third kappa shape index (κ3) is 8.93. The van der Waals surface area contributed by atoms with Crippen LogP contribution in [0.1, 0.15) is 48.8 Å². The van der Waals surface area contributed by atoms with Gasteiger partial charge in [0.05, 0.1) is 13.2 Å². The van der Waals surface area contributed by atoms with Crippen LogP contribution in [-0.2, 0) is 32.8 Å². The quantitative estimate of drug-likeness (QED) is 0.382. The zero-order valence-corrected chi connectivity index (χ0v) is 24.0. The maximum Gasteiger partial charge on any atom is 0.490 e. The summed E-state index contributed by atoms with van der Waals surface area (Å²) in [5, 5.41) is 16.4. The van der Waals surface area contributed by atoms with Crippen LogP contribution in [0.4, 0.5) is 18.0 Å². The Bertz CT molecular complexity index is 1230. The summed E-state index contributed by atoms with van der Waals surface area (Å²) in [5.74, 6) is -2.81. The van der Waals surface area contributed by atoms with Crippen molar-refractivity contribution in [2.24, 2.45) is 0 Å². The van der Waals surface area contributed by atoms with Crippen molar-refractivity contribution >= 4 is 17.9 Å². The molecule has 12 heteroatoms. The van der Waals surface area contributed by atoms with Crippen molar-refractivity contribution in [3.8, 4) is 0 Å². The maximum absolute atomic E-state index is 13.6. The third-order valence-corrected chi connectivity index (χ3v) is 8.37. The van der Waals surface area contributed by atoms with Gasteiger partial charge >= 0.3 is 18.2 Å². The largest absolute Gasteiger partial charge is 0.490 e. The van der Waals surface area contributed by atoms with Gasteiger partial charge in [0, 0.05) is 25.7 Å². The van der Waals surface area contributed by atoms with Crippen molar-refractivity contribution in [2.75, 3.05) is 32.8 Å². The molecule has 2 fully saturated rings. The number of alkyl halides is 3. The van der Waals surface area contributed by atoms with Gasteiger partial charge in [0.15, 0.2) is 0 Å². The van der Waals surface area contributed by atoms with Gasteiger partial charge in [0.2, 0.25) is 5.91 Å². The van der Waals surface area contributed by atoms with Gasteiger partial charge in [-0.05, 0) is 67.2 Å². The van der Waals surface area contributed by atoms with Crippen LogP contribution in [0.3, 0.4) is 0 Å². The highest BCUT2D eigenvalue weighted by molar-refractivity contribution is 5.87. The lowest BCUT2D eigenvalue weighted by Crippen LogP contribution is -2.57. The number of hydrogen-bond acceptors (Lipinski definition) is 5. The van der Waals surface area contributed by atoms with Crippen LogP contribution in [0.5, 0.6) is 0 Å². The molecule has 0 aromatic heterocycles. The molecule has 1 aliphatic carbocycles. The number of aryl methyl sites for hydroxylation is 1. The molecule has 0 unspecified atom stereocenters. The first-order valence-electron chi connectivity index (χ1n) is 14.6. The van der Waals surface area contributed by atoms with Crippen molar-refractivity contribution in [1.29, 1.82) is 0 Å². The molecule has 3 aliphatic rings. The average molecular weight is 605 g/mol. The number of benzene rings is 2. The lowest BCUT2D eigenvalue weighted by Gasteiger charge is -2.41. The summed E-state index contributed by atoms with van der Waals surface area (Å²) in [7, 11) is 0. The number of carboxylic acid groups (broad SMARTS) is 1. The molecule has 2 aliphatic heterocycles. The van der Waals surface area contributed by atoms with Crippen LogP contribution >= 0.6 is 0 Å². The maximum atomic E-state index is 13.6. The Hall–Kier alpha value is -3.64. The average Bonchev–Trinajstić information content (AvgIpc) is 3.35. The summed E-state index contributed by atoms with van der Waals surface area (Å²) < 4.78 is 37.7. The number of piperidine rings is 2. The first-order chi connectivity index (χ1) is 20.6. The molecule has 0 saturated carbocycles. The Kier molecular flexibility index (Phi) is 11.0. The van der Waals surface area contributed by atoms with Crippen LogP contribution in [0.25, 0.3) is 0 Å². The SMILES string of the molecule is O=C(N[C@@H]1CCCNC1)N[C@H](COCc1ccccc1)C(=O)N1CCC2(CCc3ccccc32)CC1.O=C(O)C(F)(F)F. The minimum absolute atomic E-state index is 0.0545. The number of fused-ring (bicyclic) bond motifs is 2. The number of halogens is 3. The lowest BCUT2D eigenvalue weighted by molar-refractivity contribution is -0.192. The number of ether oxygens (including phenoxy) is 1. The predicted octanol–water partition coefficient (Wildman–Crippen LogP) is 3.76. The molecular formula is C31H39F3N4O5. The minimum Gasteiger partial charge on any atom is -0.475 e. The van der Waals surface area contributed by atoms with E-state index in [0.717, 1.165) is 57.2 Å². The van der Waals surface area contributed by atoms with Crippen molar-refractivity contribution in [3.05, 3.63) is 71.3 Å². The Morgan fingerprint density at radius 1 is 1.05 bits per heavy atom. The van der Waals surface area contributed by atoms with Gasteiger partial charge in [0.1, 0.15) is 6.04 Å². The number of carboxylic acids is 1. The number of hydrogen-bond donors (Lipinski definition) is 4. The number of carbonyl (C=O) groups is 3. The molecule has 43 heavy (non-hydrogen) atoms. The first-order valence-corrected chi connectivity index (χ1v) is 14.6. The number of nitrogens with zero attached hydrogens (tertiary/aromatic N) is 1. The van der Waals surface area contributed by atoms with Crippen LogP contribution in [0.15, 0.2) is 54.6 Å². The van der Waals surface area contributed by atoms with Crippen molar-refractivity contribution in [2.45, 2.75) is 68.8 Å². The van der Waals surface area contributed by atoms with Gasteiger partial charge in [-0.1, -0.05) is 54.6 Å². The smallest absolute Gasteiger partial charge is 0.475 e. The highest BCUT2D eigenvalue weighted by atomic mass is 19.4. The summed E-state index contributed by atoms with van der Waals surface area (Å²) in [4.78, 5) is 37.2. The number of rotatable bonds is 7. The molecule has 2 aromatic rings. The normalized spacial score (nSPS) is 19.9. The van der Waals surface area contributed by atoms with Gasteiger partial charge in [0.25, 0.3) is 0 Å². The second-order valence-corrected chi connectivity index (χ2v) is 11.3. The fourth-order valence-electron chi connectivity index (χ4n) is 6.06. The Labute approximate surface area is 249 Å². The number of carbonyl (C=O) groups excluding carboxylic acids is 2. The summed E-state index contributed by atoms with van der Waals surface area (Å²) in [6, 6.07) is 17.7. The van der Waals surface area contributed by atoms with E-state index < -0.39 is 18.2 Å². The van der Waals surface area contributed by atoms with Gasteiger partial charge in [-0.25, -0.2) is 9.59 Å². The molecule has 2 saturated heterocycles. The van der Waals surface area contributed by atoms with E-state index in [-0.39, 0.29) is 30.0 Å². The van der Waals surface area contributed by atoms with Gasteiger partial charge in [-0.2, -0.15) is 13.2 Å². The predicted molar refractivity (Wildman–Crippen MR) is 153 cm³/mol. The van der Waals surface area contributed by atoms with Gasteiger partial charge < -0.3 is 30.7 Å². The topological polar surface area (TPSA) is 120 Å². The lowest BCUT2D eigenvalue weighted by atomic mass is 9.74. The van der Waals surface area contributed by atoms with Crippen LogP contribution in [0, 0.1) is 0 Å². The van der Waals surface area contributed by atoms with Gasteiger partial charge in [-0.15, -0.1) is 0 Å². The second kappa shape index (κ2) is 14.7. The molecule has 5 rings (SSSR count). The Balaban J connectivity index is 0.000000541. The molecule has 2 atom stereocenters. The Morgan fingerprint density at radius 3 is 2.37 bits per heavy atom. The van der Waals surface area contributed by atoms with Gasteiger partial charge in [-0.3, -0.25) is 4.79 Å². The van der Waals surface area contributed by atoms with E-state index in [1.807, 2.05) is 35.2 Å². The monoisotopic (exact) mass is 604 g/mol. The number of amides is 3. The second-order valence-electron chi connectivity index (χ2n) is 11.3. The first kappa shape index (κ1) is 32.3. The minimum atomic E-state index is -5.08. The van der Waals surface area contributed by atoms with Crippen molar-refractivity contribution in [3.63, 3.8) is 0 Å². The molecular weight excluding hydrogens is 565 g/mol. The molecule has 2 heterocycles. The Morgan fingerprint density at radius 2 is 1.72 bits per heavy atom. The number of likely N-dealkylation sites (tertiary alicyclic amines) is 1. The molecule has 2 aromatic carbocycles. The zero-order chi connectivity index (χ0) is 30.9. The van der Waals surface area contributed by atoms with Crippen molar-refractivity contribution in [1.82, 2.24) is 20.9 Å². The highest BCUT2D eigenvalue weighted by Gasteiger charge is 2.42. The molecule has 9 nitrogen and oxygen atoms in total. The van der Waals surface area contributed by atoms with Crippen LogP contribution in [0.2, 0.25) is 0 Å². The van der Waals surface area contributed by atoms with E-state index in [1.54, 1.807) is 0 Å². The molecule has 0 radical (unpaired) electrons. The highest BCUT2D eigenvalue weighted by Crippen LogP contribution is 2.46. The summed E-state index contributed by atoms with van der Waals surface area (Å²) >= 11 is 0. The van der Waals surface area contributed by atoms with E-state index in [2.05, 4.69) is 40.2 Å². The summed E-state index contributed by atoms with van der Waals surface area (Å²) in [6.45, 7) is 3.70. The van der Waals surface area contributed by atoms with Crippen molar-refractivity contribution < 1.29 is 37.4 Å². The number of aliphatic carboxylic acids is 1. The molecule has 234 valence electrons. The zero-order valence-electron chi connectivity index (χ0n) is 24.0. The van der Waals surface area contributed by atoms with E-state index in [4.69, 9.17) is 14.6 Å². The number of nitrogens with one attached hydrogen (secondary N) is 3. The standard InChI is InChI=1S/C29H38N4O3.C2HF3O2/c34-27(33-17-14-29(15-18-33)13-12-23-9-4-5-11-25(23)29)26(21-36-20-22-7-2-1-3-8-22)32-28(35)31-24-10-6-16-30-19-24;3-2(4,5)1(6)7/h1-5,7-9,11,24,26,30H,6,10,12-21H2,(H2,31,32,35);(H,6,7)/t24-,26-;/m1./s1. The fraction of sp³-hybridized carbons (Fsp3) is 0.516. The third-order valence-electron chi connectivity index (χ3n) is 8.37. The summed E-state index contributed by atoms with van der Waals surface area (Å²) in [6.07, 6.45) is 1.11. The van der Waals surface area contributed by atoms with Crippen LogP contribution < -0.4 is 16.0 Å². The molecule has 0 bridgehead atoms. The molecule has 3 amide bonds. The van der Waals surface area contributed by atoms with E-state index in [1.165, 1.54) is 11.1 Å². The van der Waals surface area contributed by atoms with E-state index in [0.29, 0.717) is 19.7 Å². The number of urea groups is 1. The van der Waals surface area contributed by atoms with E-state index >= 15 is 0 Å². The molecule has 1 spiro atoms. The van der Waals surface area contributed by atoms with E-state index in [9.17, 15) is 22.8 Å². The van der Waals surface area contributed by atoms with Crippen LogP contribution in [-0.4, -0.2) is 79.0 Å².